The van der Waals surface area contributed by atoms with Gasteiger partial charge >= 0.3 is 0 Å². The predicted octanol–water partition coefficient (Wildman–Crippen LogP) is 7.07. The van der Waals surface area contributed by atoms with Crippen molar-refractivity contribution in [2.45, 2.75) is 38.5 Å². The number of fused-ring (bicyclic) bond motifs is 4. The fourth-order valence-electron chi connectivity index (χ4n) is 5.56. The number of furan rings is 1. The minimum Gasteiger partial charge on any atom is -0.454 e. The Balaban J connectivity index is 1.66. The number of nitriles is 1. The van der Waals surface area contributed by atoms with E-state index in [9.17, 15) is 5.26 Å². The Kier molecular flexibility index (Phi) is 4.30. The zero-order chi connectivity index (χ0) is 21.8. The molecule has 0 radical (unpaired) electrons. The van der Waals surface area contributed by atoms with E-state index in [0.29, 0.717) is 17.1 Å². The molecule has 32 heavy (non-hydrogen) atoms. The third-order valence-electron chi connectivity index (χ3n) is 7.22. The van der Waals surface area contributed by atoms with Gasteiger partial charge in [-0.3, -0.25) is 0 Å². The monoisotopic (exact) mass is 417 g/mol. The molecule has 2 aromatic heterocycles. The third-order valence-corrected chi connectivity index (χ3v) is 7.22. The summed E-state index contributed by atoms with van der Waals surface area (Å²) in [5, 5.41) is 14.1. The van der Waals surface area contributed by atoms with E-state index in [0.717, 1.165) is 33.2 Å². The van der Waals surface area contributed by atoms with Gasteiger partial charge in [0.05, 0.1) is 16.5 Å². The van der Waals surface area contributed by atoms with Crippen LogP contribution >= 0.6 is 0 Å². The maximum absolute atomic E-state index is 9.59. The molecule has 156 valence electrons. The van der Waals surface area contributed by atoms with Crippen LogP contribution in [-0.4, -0.2) is 0 Å². The van der Waals surface area contributed by atoms with Crippen molar-refractivity contribution in [3.63, 3.8) is 0 Å². The van der Waals surface area contributed by atoms with E-state index in [1.165, 1.54) is 42.0 Å². The summed E-state index contributed by atoms with van der Waals surface area (Å²) in [5.74, 6) is 0.696. The molecule has 0 unspecified atom stereocenters. The maximum Gasteiger partial charge on any atom is 0.224 e. The second kappa shape index (κ2) is 7.21. The van der Waals surface area contributed by atoms with Crippen LogP contribution in [0.1, 0.15) is 48.3 Å². The molecule has 0 saturated heterocycles. The average Bonchev–Trinajstić information content (AvgIpc) is 3.47. The Morgan fingerprint density at radius 2 is 1.72 bits per heavy atom. The van der Waals surface area contributed by atoms with Crippen molar-refractivity contribution in [3.8, 4) is 17.3 Å². The lowest BCUT2D eigenvalue weighted by Crippen LogP contribution is -2.30. The van der Waals surface area contributed by atoms with Crippen LogP contribution in [0.25, 0.3) is 44.0 Å². The molecule has 3 aromatic carbocycles. The first-order chi connectivity index (χ1) is 15.7. The molecule has 0 N–H and O–H groups in total. The number of hydrogen-bond acceptors (Lipinski definition) is 2. The number of para-hydroxylation sites is 1. The number of pyridine rings is 1. The Bertz CT molecular complexity index is 1560. The predicted molar refractivity (Wildman–Crippen MR) is 128 cm³/mol. The second-order valence-corrected chi connectivity index (χ2v) is 9.13. The number of benzene rings is 3. The molecule has 0 amide bonds. The fraction of sp³-hybridized carbons (Fsp3) is 0.241. The van der Waals surface area contributed by atoms with Crippen LogP contribution in [0.4, 0.5) is 0 Å². The number of rotatable bonds is 2. The molecule has 0 bridgehead atoms. The maximum atomic E-state index is 9.59. The van der Waals surface area contributed by atoms with E-state index < -0.39 is 0 Å². The Hall–Kier alpha value is -3.64. The van der Waals surface area contributed by atoms with Gasteiger partial charge in [0, 0.05) is 16.8 Å². The largest absolute Gasteiger partial charge is 0.454 e. The van der Waals surface area contributed by atoms with Crippen molar-refractivity contribution in [1.29, 1.82) is 5.26 Å². The fourth-order valence-corrected chi connectivity index (χ4v) is 5.56. The van der Waals surface area contributed by atoms with Gasteiger partial charge in [0.15, 0.2) is 11.8 Å². The highest BCUT2D eigenvalue weighted by atomic mass is 16.3. The quantitative estimate of drug-likeness (QED) is 0.288. The van der Waals surface area contributed by atoms with Crippen LogP contribution < -0.4 is 4.57 Å². The molecule has 2 heterocycles. The van der Waals surface area contributed by atoms with Gasteiger partial charge in [-0.2, -0.15) is 5.26 Å². The van der Waals surface area contributed by atoms with Gasteiger partial charge in [0.2, 0.25) is 5.69 Å². The summed E-state index contributed by atoms with van der Waals surface area (Å²) in [4.78, 5) is 0. The first-order valence-electron chi connectivity index (χ1n) is 11.4. The molecule has 5 aromatic rings. The van der Waals surface area contributed by atoms with Crippen molar-refractivity contribution in [1.82, 2.24) is 0 Å². The minimum atomic E-state index is 0.575. The van der Waals surface area contributed by atoms with Gasteiger partial charge < -0.3 is 4.42 Å². The molecule has 3 nitrogen and oxygen atoms in total. The summed E-state index contributed by atoms with van der Waals surface area (Å²) in [6.07, 6.45) is 7.44. The Morgan fingerprint density at radius 1 is 0.938 bits per heavy atom. The molecule has 0 atom stereocenters. The lowest BCUT2D eigenvalue weighted by Gasteiger charge is -2.12. The highest BCUT2D eigenvalue weighted by molar-refractivity contribution is 6.12. The van der Waals surface area contributed by atoms with Crippen molar-refractivity contribution < 1.29 is 8.98 Å². The highest BCUT2D eigenvalue weighted by Gasteiger charge is 2.25. The molecular formula is C29H25N2O+. The summed E-state index contributed by atoms with van der Waals surface area (Å²) in [7, 11) is 2.10. The average molecular weight is 418 g/mol. The lowest BCUT2D eigenvalue weighted by molar-refractivity contribution is -0.659. The number of aryl methyl sites for hydroxylation is 2. The van der Waals surface area contributed by atoms with Crippen LogP contribution in [-0.2, 0) is 7.05 Å². The van der Waals surface area contributed by atoms with E-state index in [-0.39, 0.29) is 0 Å². The van der Waals surface area contributed by atoms with Crippen LogP contribution in [0, 0.1) is 18.3 Å². The van der Waals surface area contributed by atoms with Gasteiger partial charge in [0.1, 0.15) is 18.7 Å². The van der Waals surface area contributed by atoms with Crippen LogP contribution in [0.5, 0.6) is 0 Å². The van der Waals surface area contributed by atoms with Gasteiger partial charge in [-0.25, -0.2) is 4.57 Å². The molecule has 1 aliphatic carbocycles. The third kappa shape index (κ3) is 2.76. The summed E-state index contributed by atoms with van der Waals surface area (Å²) in [6, 6.07) is 21.6. The Labute approximate surface area is 187 Å². The highest BCUT2D eigenvalue weighted by Crippen LogP contribution is 2.41. The summed E-state index contributed by atoms with van der Waals surface area (Å²) in [6.45, 7) is 2.14. The van der Waals surface area contributed by atoms with Gasteiger partial charge in [-0.15, -0.1) is 0 Å². The van der Waals surface area contributed by atoms with E-state index in [4.69, 9.17) is 4.42 Å². The SMILES string of the molecule is Cc1ccc2c(oc3c(C#N)cccc32)c1-c1c2ccc(C3CCCC3)cc2cc[n+]1C. The molecule has 0 spiro atoms. The van der Waals surface area contributed by atoms with Gasteiger partial charge in [-0.05, 0) is 54.3 Å². The van der Waals surface area contributed by atoms with Crippen LogP contribution in [0.2, 0.25) is 0 Å². The van der Waals surface area contributed by atoms with Gasteiger partial charge in [-0.1, -0.05) is 49.2 Å². The zero-order valence-corrected chi connectivity index (χ0v) is 18.5. The lowest BCUT2D eigenvalue weighted by atomic mass is 9.92. The minimum absolute atomic E-state index is 0.575. The number of nitrogens with zero attached hydrogens (tertiary/aromatic N) is 2. The van der Waals surface area contributed by atoms with E-state index in [1.807, 2.05) is 18.2 Å². The van der Waals surface area contributed by atoms with Gasteiger partial charge in [0.25, 0.3) is 0 Å². The standard InChI is InChI=1S/C29H25N2O/c1-18-10-12-25-24-9-5-8-22(17-30)28(24)32-29(25)26(18)27-23-13-11-20(19-6-3-4-7-19)16-21(23)14-15-31(27)2/h5,8-16,19H,3-4,6-7H2,1-2H3/q+1. The topological polar surface area (TPSA) is 40.8 Å². The van der Waals surface area contributed by atoms with Crippen molar-refractivity contribution >= 4 is 32.7 Å². The van der Waals surface area contributed by atoms with E-state index >= 15 is 0 Å². The van der Waals surface area contributed by atoms with Crippen LogP contribution in [0.15, 0.2) is 65.2 Å². The zero-order valence-electron chi connectivity index (χ0n) is 18.5. The summed E-state index contributed by atoms with van der Waals surface area (Å²) < 4.78 is 8.61. The normalized spacial score (nSPS) is 14.5. The molecule has 6 rings (SSSR count). The molecule has 3 heteroatoms. The van der Waals surface area contributed by atoms with Crippen molar-refractivity contribution in [2.24, 2.45) is 7.05 Å². The molecule has 1 aliphatic rings. The second-order valence-electron chi connectivity index (χ2n) is 9.13. The number of aromatic nitrogens is 1. The first-order valence-corrected chi connectivity index (χ1v) is 11.4. The molecule has 0 aliphatic heterocycles. The van der Waals surface area contributed by atoms with Crippen LogP contribution in [0.3, 0.4) is 0 Å². The van der Waals surface area contributed by atoms with E-state index in [2.05, 4.69) is 67.2 Å². The Morgan fingerprint density at radius 3 is 2.53 bits per heavy atom. The summed E-state index contributed by atoms with van der Waals surface area (Å²) in [5.41, 5.74) is 6.98. The first kappa shape index (κ1) is 19.1. The smallest absolute Gasteiger partial charge is 0.224 e. The molecular weight excluding hydrogens is 392 g/mol. The van der Waals surface area contributed by atoms with Crippen molar-refractivity contribution in [3.05, 3.63) is 77.5 Å². The molecule has 1 saturated carbocycles. The van der Waals surface area contributed by atoms with E-state index in [1.54, 1.807) is 0 Å². The summed E-state index contributed by atoms with van der Waals surface area (Å²) >= 11 is 0. The number of hydrogen-bond donors (Lipinski definition) is 0. The van der Waals surface area contributed by atoms with Crippen molar-refractivity contribution in [2.75, 3.05) is 0 Å². The molecule has 1 fully saturated rings.